The van der Waals surface area contributed by atoms with Crippen LogP contribution in [-0.4, -0.2) is 35.5 Å². The van der Waals surface area contributed by atoms with Gasteiger partial charge in [0.1, 0.15) is 12.9 Å². The maximum Gasteiger partial charge on any atom is 0.280 e. The average Bonchev–Trinajstić information content (AvgIpc) is 3.38. The molecule has 3 aliphatic rings. The van der Waals surface area contributed by atoms with E-state index in [-0.39, 0.29) is 18.0 Å². The van der Waals surface area contributed by atoms with Gasteiger partial charge in [-0.1, -0.05) is 23.4 Å². The molecule has 9 nitrogen and oxygen atoms in total. The molecule has 0 radical (unpaired) electrons. The van der Waals surface area contributed by atoms with Gasteiger partial charge in [-0.2, -0.15) is 4.98 Å². The second-order valence-corrected chi connectivity index (χ2v) is 8.77. The molecular weight excluding hydrogens is 406 g/mol. The smallest absolute Gasteiger partial charge is 0.280 e. The second kappa shape index (κ2) is 6.32. The van der Waals surface area contributed by atoms with Crippen LogP contribution in [0, 0.1) is 11.8 Å². The standard InChI is InChI=1S/C23H19N7O2/c1-29-10-25-22-20(29)23(31)30(11-26-22)9-18-27-21(28-32-18)19-15-6-14(7-16(15)19)13-3-2-12-4-5-24-17(12)8-13/h2-3,5-6,8,10-11,15-16,19H,4,7,9H2,1H3/t15-,16+,19+/m1/s1. The van der Waals surface area contributed by atoms with E-state index in [1.54, 1.807) is 17.9 Å². The Bertz CT molecular complexity index is 1520. The van der Waals surface area contributed by atoms with E-state index < -0.39 is 0 Å². The van der Waals surface area contributed by atoms with Crippen molar-refractivity contribution in [2.24, 2.45) is 23.9 Å². The number of fused-ring (bicyclic) bond motifs is 3. The van der Waals surface area contributed by atoms with Crippen LogP contribution in [0.1, 0.15) is 35.2 Å². The topological polar surface area (TPSA) is 104 Å². The average molecular weight is 425 g/mol. The Hall–Kier alpha value is -3.88. The zero-order valence-corrected chi connectivity index (χ0v) is 17.3. The van der Waals surface area contributed by atoms with Gasteiger partial charge in [-0.15, -0.1) is 0 Å². The fourth-order valence-electron chi connectivity index (χ4n) is 5.12. The maximum atomic E-state index is 12.7. The molecule has 0 amide bonds. The summed E-state index contributed by atoms with van der Waals surface area (Å²) in [6.07, 6.45) is 9.33. The Balaban J connectivity index is 1.10. The van der Waals surface area contributed by atoms with Crippen molar-refractivity contribution in [2.75, 3.05) is 0 Å². The molecule has 0 N–H and O–H groups in total. The van der Waals surface area contributed by atoms with Crippen LogP contribution in [0.3, 0.4) is 0 Å². The van der Waals surface area contributed by atoms with Crippen molar-refractivity contribution in [3.63, 3.8) is 0 Å². The molecule has 4 heterocycles. The van der Waals surface area contributed by atoms with Crippen molar-refractivity contribution in [3.05, 3.63) is 70.1 Å². The molecule has 0 bridgehead atoms. The van der Waals surface area contributed by atoms with Gasteiger partial charge in [0.05, 0.1) is 12.0 Å². The number of imidazole rings is 1. The largest absolute Gasteiger partial charge is 0.337 e. The van der Waals surface area contributed by atoms with Crippen LogP contribution >= 0.6 is 0 Å². The number of aryl methyl sites for hydroxylation is 1. The van der Waals surface area contributed by atoms with Gasteiger partial charge in [-0.25, -0.2) is 9.97 Å². The van der Waals surface area contributed by atoms with Gasteiger partial charge in [0.25, 0.3) is 5.56 Å². The van der Waals surface area contributed by atoms with Gasteiger partial charge < -0.3 is 9.09 Å². The first-order valence-corrected chi connectivity index (χ1v) is 10.7. The molecule has 9 heteroatoms. The van der Waals surface area contributed by atoms with E-state index in [9.17, 15) is 4.79 Å². The molecule has 0 saturated heterocycles. The lowest BCUT2D eigenvalue weighted by Gasteiger charge is -2.07. The first-order valence-electron chi connectivity index (χ1n) is 10.7. The number of hydrogen-bond acceptors (Lipinski definition) is 7. The molecule has 0 unspecified atom stereocenters. The Morgan fingerprint density at radius 1 is 1.22 bits per heavy atom. The molecular formula is C23H19N7O2. The minimum absolute atomic E-state index is 0.177. The molecule has 1 aromatic carbocycles. The van der Waals surface area contributed by atoms with E-state index in [1.807, 2.05) is 6.21 Å². The fraction of sp³-hybridized carbons (Fsp3) is 0.304. The number of aromatic nitrogens is 6. The number of nitrogens with zero attached hydrogens (tertiary/aromatic N) is 7. The summed E-state index contributed by atoms with van der Waals surface area (Å²) in [4.78, 5) is 30.1. The zero-order chi connectivity index (χ0) is 21.4. The molecule has 32 heavy (non-hydrogen) atoms. The van der Waals surface area contributed by atoms with Crippen molar-refractivity contribution in [1.29, 1.82) is 0 Å². The minimum atomic E-state index is -0.177. The minimum Gasteiger partial charge on any atom is -0.337 e. The van der Waals surface area contributed by atoms with Crippen molar-refractivity contribution >= 4 is 28.6 Å². The number of hydrogen-bond donors (Lipinski definition) is 0. The fourth-order valence-corrected chi connectivity index (χ4v) is 5.12. The summed E-state index contributed by atoms with van der Waals surface area (Å²) in [5.41, 5.74) is 5.75. The van der Waals surface area contributed by atoms with E-state index in [4.69, 9.17) is 4.52 Å². The summed E-state index contributed by atoms with van der Waals surface area (Å²) in [5, 5.41) is 4.21. The first-order chi connectivity index (χ1) is 15.7. The summed E-state index contributed by atoms with van der Waals surface area (Å²) >= 11 is 0. The van der Waals surface area contributed by atoms with Gasteiger partial charge in [0, 0.05) is 25.6 Å². The van der Waals surface area contributed by atoms with Gasteiger partial charge in [-0.3, -0.25) is 14.4 Å². The molecule has 7 rings (SSSR count). The number of allylic oxidation sites excluding steroid dienone is 2. The Kier molecular flexibility index (Phi) is 3.51. The molecule has 3 atom stereocenters. The van der Waals surface area contributed by atoms with Crippen LogP contribution in [0.5, 0.6) is 0 Å². The van der Waals surface area contributed by atoms with Crippen LogP contribution in [0.4, 0.5) is 5.69 Å². The third kappa shape index (κ3) is 2.57. The van der Waals surface area contributed by atoms with Crippen molar-refractivity contribution < 1.29 is 4.52 Å². The second-order valence-electron chi connectivity index (χ2n) is 8.77. The predicted molar refractivity (Wildman–Crippen MR) is 117 cm³/mol. The van der Waals surface area contributed by atoms with Crippen molar-refractivity contribution in [1.82, 2.24) is 29.2 Å². The molecule has 1 saturated carbocycles. The third-order valence-electron chi connectivity index (χ3n) is 6.86. The molecule has 2 aliphatic carbocycles. The first kappa shape index (κ1) is 17.8. The lowest BCUT2D eigenvalue weighted by atomic mass is 9.98. The highest BCUT2D eigenvalue weighted by Crippen LogP contribution is 2.62. The molecule has 158 valence electrons. The molecule has 3 aromatic heterocycles. The summed E-state index contributed by atoms with van der Waals surface area (Å²) in [7, 11) is 1.77. The Labute approximate surface area is 182 Å². The predicted octanol–water partition coefficient (Wildman–Crippen LogP) is 2.64. The summed E-state index contributed by atoms with van der Waals surface area (Å²) in [6.45, 7) is 0.193. The zero-order valence-electron chi connectivity index (χ0n) is 17.3. The van der Waals surface area contributed by atoms with Gasteiger partial charge >= 0.3 is 0 Å². The highest BCUT2D eigenvalue weighted by atomic mass is 16.5. The Morgan fingerprint density at radius 3 is 3.00 bits per heavy atom. The van der Waals surface area contributed by atoms with E-state index in [0.717, 1.165) is 24.4 Å². The van der Waals surface area contributed by atoms with E-state index >= 15 is 0 Å². The number of aliphatic imine (C=N–C) groups is 1. The normalized spacial score (nSPS) is 22.9. The Morgan fingerprint density at radius 2 is 2.12 bits per heavy atom. The van der Waals surface area contributed by atoms with E-state index in [0.29, 0.717) is 28.9 Å². The van der Waals surface area contributed by atoms with Crippen LogP contribution < -0.4 is 5.56 Å². The molecule has 4 aromatic rings. The highest BCUT2D eigenvalue weighted by molar-refractivity contribution is 5.80. The van der Waals surface area contributed by atoms with Crippen LogP contribution in [0.15, 0.2) is 51.2 Å². The lowest BCUT2D eigenvalue weighted by molar-refractivity contribution is 0.364. The quantitative estimate of drug-likeness (QED) is 0.498. The van der Waals surface area contributed by atoms with Crippen molar-refractivity contribution in [3.8, 4) is 0 Å². The number of rotatable bonds is 4. The van der Waals surface area contributed by atoms with Crippen LogP contribution in [0.25, 0.3) is 16.7 Å². The van der Waals surface area contributed by atoms with Gasteiger partial charge in [0.15, 0.2) is 17.0 Å². The van der Waals surface area contributed by atoms with Gasteiger partial charge in [-0.05, 0) is 41.0 Å². The highest BCUT2D eigenvalue weighted by Gasteiger charge is 2.55. The van der Waals surface area contributed by atoms with Gasteiger partial charge in [0.2, 0.25) is 5.89 Å². The molecule has 1 aliphatic heterocycles. The number of benzene rings is 1. The summed E-state index contributed by atoms with van der Waals surface area (Å²) in [5.74, 6) is 2.39. The summed E-state index contributed by atoms with van der Waals surface area (Å²) in [6, 6.07) is 6.59. The monoisotopic (exact) mass is 425 g/mol. The van der Waals surface area contributed by atoms with Crippen LogP contribution in [0.2, 0.25) is 0 Å². The van der Waals surface area contributed by atoms with Crippen molar-refractivity contribution in [2.45, 2.75) is 25.3 Å². The van der Waals surface area contributed by atoms with E-state index in [1.165, 1.54) is 27.6 Å². The summed E-state index contributed by atoms with van der Waals surface area (Å²) < 4.78 is 8.61. The maximum absolute atomic E-state index is 12.7. The third-order valence-corrected chi connectivity index (χ3v) is 6.86. The SMILES string of the molecule is Cn1cnc2ncn(Cc3nc([C@H]4[C@@H]5C=C(c6ccc7c(c6)N=CC7)C[C@@H]54)no3)c(=O)c21. The van der Waals surface area contributed by atoms with Crippen LogP contribution in [-0.2, 0) is 20.0 Å². The lowest BCUT2D eigenvalue weighted by Crippen LogP contribution is -2.22. The molecule has 0 spiro atoms. The molecule has 1 fully saturated rings. The van der Waals surface area contributed by atoms with E-state index in [2.05, 4.69) is 49.4 Å².